The number of carbonyl (C=O) groups excluding carboxylic acids is 1. The minimum Gasteiger partial charge on any atom is -0.481 e. The van der Waals surface area contributed by atoms with Gasteiger partial charge in [-0.05, 0) is 30.0 Å². The Kier molecular flexibility index (Phi) is 4.42. The number of likely N-dealkylation sites (tertiary alicyclic amines) is 1. The molecule has 1 fully saturated rings. The highest BCUT2D eigenvalue weighted by Crippen LogP contribution is 2.27. The van der Waals surface area contributed by atoms with Crippen LogP contribution in [0.5, 0.6) is 0 Å². The van der Waals surface area contributed by atoms with E-state index in [0.717, 1.165) is 12.0 Å². The molecule has 1 aliphatic rings. The van der Waals surface area contributed by atoms with Crippen molar-refractivity contribution in [3.8, 4) is 11.3 Å². The zero-order valence-electron chi connectivity index (χ0n) is 13.9. The van der Waals surface area contributed by atoms with Gasteiger partial charge in [-0.3, -0.25) is 9.59 Å². The Bertz CT molecular complexity index is 747. The largest absolute Gasteiger partial charge is 0.481 e. The first kappa shape index (κ1) is 16.3. The van der Waals surface area contributed by atoms with Crippen LogP contribution >= 0.6 is 0 Å². The summed E-state index contributed by atoms with van der Waals surface area (Å²) in [7, 11) is 0. The smallest absolute Gasteiger partial charge is 0.308 e. The summed E-state index contributed by atoms with van der Waals surface area (Å²) in [4.78, 5) is 25.3. The number of hydrogen-bond donors (Lipinski definition) is 1. The summed E-state index contributed by atoms with van der Waals surface area (Å²) in [6.07, 6.45) is 0.972. The standard InChI is InChI=1S/C19H21NO4/c1-3-13-4-6-14(7-5-13)16-8-9-17(24-16)18(21)20-10-12(2)15(11-20)19(22)23/h4-9,12,15H,3,10-11H2,1-2H3,(H,22,23)/t12-,15-/m1/s1. The van der Waals surface area contributed by atoms with Gasteiger partial charge in [0.05, 0.1) is 5.92 Å². The summed E-state index contributed by atoms with van der Waals surface area (Å²) in [5.41, 5.74) is 2.16. The van der Waals surface area contributed by atoms with Crippen LogP contribution in [0.25, 0.3) is 11.3 Å². The number of hydrogen-bond acceptors (Lipinski definition) is 3. The zero-order chi connectivity index (χ0) is 17.3. The zero-order valence-corrected chi connectivity index (χ0v) is 13.9. The van der Waals surface area contributed by atoms with Gasteiger partial charge in [0.25, 0.3) is 5.91 Å². The van der Waals surface area contributed by atoms with Gasteiger partial charge in [0.15, 0.2) is 5.76 Å². The minimum atomic E-state index is -0.853. The van der Waals surface area contributed by atoms with Crippen LogP contribution in [0.4, 0.5) is 0 Å². The normalized spacial score (nSPS) is 20.3. The molecule has 1 saturated heterocycles. The molecule has 1 aromatic carbocycles. The van der Waals surface area contributed by atoms with E-state index in [0.29, 0.717) is 12.3 Å². The lowest BCUT2D eigenvalue weighted by Crippen LogP contribution is -2.29. The maximum atomic E-state index is 12.5. The molecule has 126 valence electrons. The van der Waals surface area contributed by atoms with Crippen LogP contribution in [0.15, 0.2) is 40.8 Å². The lowest BCUT2D eigenvalue weighted by Gasteiger charge is -2.13. The Labute approximate surface area is 140 Å². The first-order valence-corrected chi connectivity index (χ1v) is 8.20. The lowest BCUT2D eigenvalue weighted by atomic mass is 9.99. The van der Waals surface area contributed by atoms with Gasteiger partial charge in [0, 0.05) is 18.7 Å². The second-order valence-corrected chi connectivity index (χ2v) is 6.35. The van der Waals surface area contributed by atoms with E-state index in [4.69, 9.17) is 4.42 Å². The molecule has 2 atom stereocenters. The van der Waals surface area contributed by atoms with Crippen LogP contribution in [-0.2, 0) is 11.2 Å². The number of furan rings is 1. The van der Waals surface area contributed by atoms with E-state index < -0.39 is 11.9 Å². The maximum absolute atomic E-state index is 12.5. The third-order valence-electron chi connectivity index (χ3n) is 4.68. The van der Waals surface area contributed by atoms with Crippen molar-refractivity contribution in [1.82, 2.24) is 4.90 Å². The van der Waals surface area contributed by atoms with Crippen LogP contribution in [0.1, 0.15) is 30.0 Å². The third-order valence-corrected chi connectivity index (χ3v) is 4.68. The van der Waals surface area contributed by atoms with Crippen LogP contribution in [0.2, 0.25) is 0 Å². The molecule has 0 unspecified atom stereocenters. The van der Waals surface area contributed by atoms with Crippen molar-refractivity contribution in [3.63, 3.8) is 0 Å². The summed E-state index contributed by atoms with van der Waals surface area (Å²) in [5, 5.41) is 9.19. The van der Waals surface area contributed by atoms with E-state index in [2.05, 4.69) is 6.92 Å². The van der Waals surface area contributed by atoms with E-state index in [1.54, 1.807) is 17.0 Å². The molecule has 1 N–H and O–H groups in total. The van der Waals surface area contributed by atoms with E-state index >= 15 is 0 Å². The van der Waals surface area contributed by atoms with E-state index in [9.17, 15) is 14.7 Å². The highest BCUT2D eigenvalue weighted by molar-refractivity contribution is 5.92. The van der Waals surface area contributed by atoms with Crippen molar-refractivity contribution in [1.29, 1.82) is 0 Å². The average molecular weight is 327 g/mol. The topological polar surface area (TPSA) is 70.8 Å². The fourth-order valence-electron chi connectivity index (χ4n) is 3.12. The van der Waals surface area contributed by atoms with Crippen LogP contribution < -0.4 is 0 Å². The quantitative estimate of drug-likeness (QED) is 0.935. The Morgan fingerprint density at radius 1 is 1.17 bits per heavy atom. The third kappa shape index (κ3) is 3.07. The molecular formula is C19H21NO4. The Hall–Kier alpha value is -2.56. The maximum Gasteiger partial charge on any atom is 0.308 e. The molecular weight excluding hydrogens is 306 g/mol. The molecule has 3 rings (SSSR count). The number of amides is 1. The van der Waals surface area contributed by atoms with E-state index in [1.165, 1.54) is 5.56 Å². The summed E-state index contributed by atoms with van der Waals surface area (Å²) >= 11 is 0. The predicted octanol–water partition coefficient (Wildman–Crippen LogP) is 3.30. The van der Waals surface area contributed by atoms with Gasteiger partial charge in [-0.25, -0.2) is 0 Å². The average Bonchev–Trinajstić information content (AvgIpc) is 3.21. The molecule has 2 heterocycles. The number of aliphatic carboxylic acids is 1. The van der Waals surface area contributed by atoms with Crippen molar-refractivity contribution in [2.45, 2.75) is 20.3 Å². The number of carbonyl (C=O) groups is 2. The highest BCUT2D eigenvalue weighted by Gasteiger charge is 2.37. The molecule has 0 radical (unpaired) electrons. The number of carboxylic acid groups (broad SMARTS) is 1. The summed E-state index contributed by atoms with van der Waals surface area (Å²) < 4.78 is 5.71. The SMILES string of the molecule is CCc1ccc(-c2ccc(C(=O)N3C[C@@H](C)[C@H](C(=O)O)C3)o2)cc1. The summed E-state index contributed by atoms with van der Waals surface area (Å²) in [6.45, 7) is 4.63. The van der Waals surface area contributed by atoms with Gasteiger partial charge in [-0.1, -0.05) is 38.1 Å². The number of nitrogens with zero attached hydrogens (tertiary/aromatic N) is 1. The van der Waals surface area contributed by atoms with Gasteiger partial charge in [0.2, 0.25) is 0 Å². The molecule has 5 heteroatoms. The first-order valence-electron chi connectivity index (χ1n) is 8.20. The van der Waals surface area contributed by atoms with Gasteiger partial charge >= 0.3 is 5.97 Å². The van der Waals surface area contributed by atoms with Crippen LogP contribution in [-0.4, -0.2) is 35.0 Å². The van der Waals surface area contributed by atoms with Crippen molar-refractivity contribution in [3.05, 3.63) is 47.7 Å². The molecule has 0 spiro atoms. The molecule has 1 aromatic heterocycles. The van der Waals surface area contributed by atoms with Gasteiger partial charge in [0.1, 0.15) is 5.76 Å². The molecule has 0 aliphatic carbocycles. The molecule has 5 nitrogen and oxygen atoms in total. The number of benzene rings is 1. The fourth-order valence-corrected chi connectivity index (χ4v) is 3.12. The van der Waals surface area contributed by atoms with Crippen LogP contribution in [0, 0.1) is 11.8 Å². The van der Waals surface area contributed by atoms with Crippen molar-refractivity contribution in [2.24, 2.45) is 11.8 Å². The highest BCUT2D eigenvalue weighted by atomic mass is 16.4. The second kappa shape index (κ2) is 6.51. The number of rotatable bonds is 4. The van der Waals surface area contributed by atoms with Gasteiger partial charge in [-0.2, -0.15) is 0 Å². The Morgan fingerprint density at radius 2 is 1.88 bits per heavy atom. The summed E-state index contributed by atoms with van der Waals surface area (Å²) in [5.74, 6) is -0.769. The second-order valence-electron chi connectivity index (χ2n) is 6.35. The molecule has 1 amide bonds. The first-order chi connectivity index (χ1) is 11.5. The van der Waals surface area contributed by atoms with E-state index in [-0.39, 0.29) is 24.1 Å². The molecule has 24 heavy (non-hydrogen) atoms. The fraction of sp³-hybridized carbons (Fsp3) is 0.368. The number of aryl methyl sites for hydroxylation is 1. The van der Waals surface area contributed by atoms with Crippen molar-refractivity contribution in [2.75, 3.05) is 13.1 Å². The lowest BCUT2D eigenvalue weighted by molar-refractivity contribution is -0.142. The van der Waals surface area contributed by atoms with Crippen molar-refractivity contribution < 1.29 is 19.1 Å². The Morgan fingerprint density at radius 3 is 2.46 bits per heavy atom. The van der Waals surface area contributed by atoms with E-state index in [1.807, 2.05) is 31.2 Å². The molecule has 2 aromatic rings. The van der Waals surface area contributed by atoms with Gasteiger partial charge < -0.3 is 14.4 Å². The minimum absolute atomic E-state index is 0.0533. The molecule has 0 bridgehead atoms. The summed E-state index contributed by atoms with van der Waals surface area (Å²) in [6, 6.07) is 11.5. The monoisotopic (exact) mass is 327 g/mol. The molecule has 0 saturated carbocycles. The Balaban J connectivity index is 1.75. The number of carboxylic acids is 1. The van der Waals surface area contributed by atoms with Crippen molar-refractivity contribution >= 4 is 11.9 Å². The molecule has 1 aliphatic heterocycles. The van der Waals surface area contributed by atoms with Crippen LogP contribution in [0.3, 0.4) is 0 Å². The predicted molar refractivity (Wildman–Crippen MR) is 89.7 cm³/mol. The van der Waals surface area contributed by atoms with Gasteiger partial charge in [-0.15, -0.1) is 0 Å².